The van der Waals surface area contributed by atoms with Gasteiger partial charge in [0.15, 0.2) is 0 Å². The fourth-order valence-corrected chi connectivity index (χ4v) is 3.45. The highest BCUT2D eigenvalue weighted by molar-refractivity contribution is 5.94. The van der Waals surface area contributed by atoms with Crippen molar-refractivity contribution >= 4 is 28.0 Å². The molecular formula is C24H22N4. The van der Waals surface area contributed by atoms with Gasteiger partial charge in [-0.1, -0.05) is 30.9 Å². The minimum atomic E-state index is 0.414. The standard InChI is InChI=1S/C24H22N4/c1-3-21(16(2)18-6-7-18)19-8-11-23-22(14-19)24(27-15-26-23)28-20-9-4-17(5-10-20)12-13-25/h3-5,8-11,14-15,18H,2,6-7,12H2,1H3,(H,26,27,28)/b21-3+. The third-order valence-electron chi connectivity index (χ3n) is 5.15. The van der Waals surface area contributed by atoms with Gasteiger partial charge in [0.25, 0.3) is 0 Å². The molecule has 28 heavy (non-hydrogen) atoms. The third kappa shape index (κ3) is 3.65. The first-order chi connectivity index (χ1) is 13.7. The van der Waals surface area contributed by atoms with Crippen molar-refractivity contribution in [2.45, 2.75) is 26.2 Å². The lowest BCUT2D eigenvalue weighted by Crippen LogP contribution is -1.98. The number of nitrogens with one attached hydrogen (secondary N) is 1. The summed E-state index contributed by atoms with van der Waals surface area (Å²) in [5.41, 5.74) is 6.41. The summed E-state index contributed by atoms with van der Waals surface area (Å²) >= 11 is 0. The van der Waals surface area contributed by atoms with Gasteiger partial charge >= 0.3 is 0 Å². The zero-order valence-electron chi connectivity index (χ0n) is 15.9. The second-order valence-corrected chi connectivity index (χ2v) is 7.11. The lowest BCUT2D eigenvalue weighted by molar-refractivity contribution is 1.07. The molecule has 4 nitrogen and oxygen atoms in total. The van der Waals surface area contributed by atoms with Crippen molar-refractivity contribution in [3.8, 4) is 6.07 Å². The summed E-state index contributed by atoms with van der Waals surface area (Å²) in [6.45, 7) is 6.39. The van der Waals surface area contributed by atoms with Gasteiger partial charge < -0.3 is 5.32 Å². The van der Waals surface area contributed by atoms with E-state index in [4.69, 9.17) is 5.26 Å². The van der Waals surface area contributed by atoms with Gasteiger partial charge in [0.2, 0.25) is 0 Å². The highest BCUT2D eigenvalue weighted by Crippen LogP contribution is 2.42. The first-order valence-electron chi connectivity index (χ1n) is 9.53. The molecule has 1 aromatic heterocycles. The monoisotopic (exact) mass is 366 g/mol. The van der Waals surface area contributed by atoms with Gasteiger partial charge in [0.1, 0.15) is 12.1 Å². The van der Waals surface area contributed by atoms with Crippen LogP contribution in [0.25, 0.3) is 16.5 Å². The number of anilines is 2. The average molecular weight is 366 g/mol. The van der Waals surface area contributed by atoms with E-state index in [2.05, 4.69) is 53.1 Å². The largest absolute Gasteiger partial charge is 0.340 e. The van der Waals surface area contributed by atoms with Crippen LogP contribution in [0.1, 0.15) is 30.9 Å². The Bertz CT molecular complexity index is 1100. The maximum absolute atomic E-state index is 8.82. The fourth-order valence-electron chi connectivity index (χ4n) is 3.45. The third-order valence-corrected chi connectivity index (χ3v) is 5.15. The number of allylic oxidation sites excluding steroid dienone is 3. The Balaban J connectivity index is 1.68. The molecule has 1 heterocycles. The Morgan fingerprint density at radius 2 is 2.00 bits per heavy atom. The summed E-state index contributed by atoms with van der Waals surface area (Å²) in [5.74, 6) is 1.39. The second kappa shape index (κ2) is 7.66. The van der Waals surface area contributed by atoms with Crippen molar-refractivity contribution in [2.75, 3.05) is 5.32 Å². The van der Waals surface area contributed by atoms with Gasteiger partial charge in [-0.25, -0.2) is 9.97 Å². The molecule has 2 aromatic carbocycles. The van der Waals surface area contributed by atoms with E-state index in [1.54, 1.807) is 6.33 Å². The van der Waals surface area contributed by atoms with Crippen molar-refractivity contribution < 1.29 is 0 Å². The Morgan fingerprint density at radius 1 is 1.21 bits per heavy atom. The molecule has 0 atom stereocenters. The molecule has 1 saturated carbocycles. The van der Waals surface area contributed by atoms with Crippen LogP contribution in [0.15, 0.2) is 67.0 Å². The topological polar surface area (TPSA) is 61.6 Å². The quantitative estimate of drug-likeness (QED) is 0.559. The lowest BCUT2D eigenvalue weighted by atomic mass is 9.94. The molecular weight excluding hydrogens is 344 g/mol. The maximum atomic E-state index is 8.82. The van der Waals surface area contributed by atoms with Gasteiger partial charge in [-0.05, 0) is 72.2 Å². The van der Waals surface area contributed by atoms with E-state index in [-0.39, 0.29) is 0 Å². The molecule has 4 heteroatoms. The molecule has 1 aliphatic carbocycles. The number of nitriles is 1. The van der Waals surface area contributed by atoms with Crippen LogP contribution in [-0.4, -0.2) is 9.97 Å². The highest BCUT2D eigenvalue weighted by Gasteiger charge is 2.26. The van der Waals surface area contributed by atoms with Crippen molar-refractivity contribution in [3.05, 3.63) is 78.1 Å². The number of hydrogen-bond donors (Lipinski definition) is 1. The van der Waals surface area contributed by atoms with E-state index in [0.717, 1.165) is 33.5 Å². The van der Waals surface area contributed by atoms with Crippen LogP contribution < -0.4 is 5.32 Å². The van der Waals surface area contributed by atoms with Crippen LogP contribution in [0, 0.1) is 17.2 Å². The lowest BCUT2D eigenvalue weighted by Gasteiger charge is -2.13. The number of benzene rings is 2. The van der Waals surface area contributed by atoms with Gasteiger partial charge in [-0.3, -0.25) is 0 Å². The van der Waals surface area contributed by atoms with Crippen LogP contribution >= 0.6 is 0 Å². The summed E-state index contributed by atoms with van der Waals surface area (Å²) in [6.07, 6.45) is 6.61. The Hall–Kier alpha value is -3.45. The predicted octanol–water partition coefficient (Wildman–Crippen LogP) is 5.81. The molecule has 1 N–H and O–H groups in total. The molecule has 0 amide bonds. The van der Waals surface area contributed by atoms with E-state index in [0.29, 0.717) is 12.3 Å². The summed E-state index contributed by atoms with van der Waals surface area (Å²) < 4.78 is 0. The zero-order chi connectivity index (χ0) is 19.5. The van der Waals surface area contributed by atoms with Gasteiger partial charge in [-0.15, -0.1) is 0 Å². The summed E-state index contributed by atoms with van der Waals surface area (Å²) in [4.78, 5) is 8.87. The van der Waals surface area contributed by atoms with Crippen LogP contribution in [0.5, 0.6) is 0 Å². The van der Waals surface area contributed by atoms with Crippen molar-refractivity contribution in [1.29, 1.82) is 5.26 Å². The number of rotatable bonds is 6. The molecule has 138 valence electrons. The molecule has 1 aliphatic rings. The molecule has 0 unspecified atom stereocenters. The molecule has 3 aromatic rings. The second-order valence-electron chi connectivity index (χ2n) is 7.11. The first-order valence-corrected chi connectivity index (χ1v) is 9.53. The van der Waals surface area contributed by atoms with E-state index in [1.807, 2.05) is 30.3 Å². The highest BCUT2D eigenvalue weighted by atomic mass is 15.0. The molecule has 0 spiro atoms. The minimum Gasteiger partial charge on any atom is -0.340 e. The smallest absolute Gasteiger partial charge is 0.141 e. The Kier molecular flexibility index (Phi) is 4.90. The van der Waals surface area contributed by atoms with E-state index in [9.17, 15) is 0 Å². The molecule has 1 fully saturated rings. The average Bonchev–Trinajstić information content (AvgIpc) is 3.56. The molecule has 4 rings (SSSR count). The number of hydrogen-bond acceptors (Lipinski definition) is 4. The van der Waals surface area contributed by atoms with Gasteiger partial charge in [0.05, 0.1) is 18.0 Å². The van der Waals surface area contributed by atoms with Crippen LogP contribution in [-0.2, 0) is 6.42 Å². The normalized spacial score (nSPS) is 13.9. The molecule has 0 saturated heterocycles. The Labute approximate surface area is 165 Å². The number of aromatic nitrogens is 2. The molecule has 0 aliphatic heterocycles. The predicted molar refractivity (Wildman–Crippen MR) is 114 cm³/mol. The van der Waals surface area contributed by atoms with E-state index >= 15 is 0 Å². The fraction of sp³-hybridized carbons (Fsp3) is 0.208. The number of nitrogens with zero attached hydrogens (tertiary/aromatic N) is 3. The molecule has 0 radical (unpaired) electrons. The van der Waals surface area contributed by atoms with Crippen LogP contribution in [0.3, 0.4) is 0 Å². The van der Waals surface area contributed by atoms with Gasteiger partial charge in [0, 0.05) is 11.1 Å². The summed E-state index contributed by atoms with van der Waals surface area (Å²) in [5, 5.41) is 13.2. The van der Waals surface area contributed by atoms with E-state index < -0.39 is 0 Å². The van der Waals surface area contributed by atoms with Crippen molar-refractivity contribution in [3.63, 3.8) is 0 Å². The number of fused-ring (bicyclic) bond motifs is 1. The van der Waals surface area contributed by atoms with Crippen molar-refractivity contribution in [1.82, 2.24) is 9.97 Å². The Morgan fingerprint density at radius 3 is 2.68 bits per heavy atom. The van der Waals surface area contributed by atoms with Crippen molar-refractivity contribution in [2.24, 2.45) is 5.92 Å². The summed E-state index contributed by atoms with van der Waals surface area (Å²) in [7, 11) is 0. The van der Waals surface area contributed by atoms with Crippen LogP contribution in [0.2, 0.25) is 0 Å². The zero-order valence-corrected chi connectivity index (χ0v) is 15.9. The molecule has 0 bridgehead atoms. The SMILES string of the molecule is C=C(/C(=C\C)c1ccc2ncnc(Nc3ccc(CC#N)cc3)c2c1)C1CC1. The van der Waals surface area contributed by atoms with Crippen LogP contribution in [0.4, 0.5) is 11.5 Å². The maximum Gasteiger partial charge on any atom is 0.141 e. The summed E-state index contributed by atoms with van der Waals surface area (Å²) in [6, 6.07) is 16.3. The van der Waals surface area contributed by atoms with Gasteiger partial charge in [-0.2, -0.15) is 5.26 Å². The first kappa shape index (κ1) is 17.9. The van der Waals surface area contributed by atoms with E-state index in [1.165, 1.54) is 24.0 Å². The minimum absolute atomic E-state index is 0.414.